The maximum absolute atomic E-state index is 12.1. The van der Waals surface area contributed by atoms with Gasteiger partial charge in [0.15, 0.2) is 5.96 Å². The third-order valence-electron chi connectivity index (χ3n) is 2.53. The Morgan fingerprint density at radius 3 is 2.23 bits per heavy atom. The molecule has 0 aliphatic carbocycles. The molecule has 7 heteroatoms. The number of nitrogens with two attached hydrogens (primary N) is 1. The highest BCUT2D eigenvalue weighted by Crippen LogP contribution is 2.12. The molecule has 22 heavy (non-hydrogen) atoms. The molecule has 0 saturated carbocycles. The van der Waals surface area contributed by atoms with Gasteiger partial charge in [-0.3, -0.25) is 4.99 Å². The fraction of sp³-hybridized carbons (Fsp3) is 0.867. The Morgan fingerprint density at radius 1 is 1.27 bits per heavy atom. The van der Waals surface area contributed by atoms with E-state index in [0.717, 1.165) is 6.42 Å². The summed E-state index contributed by atoms with van der Waals surface area (Å²) >= 11 is 0. The summed E-state index contributed by atoms with van der Waals surface area (Å²) in [5.74, 6) is 0.443. The van der Waals surface area contributed by atoms with E-state index in [-0.39, 0.29) is 42.2 Å². The average molecular weight is 428 g/mol. The first-order valence-electron chi connectivity index (χ1n) is 7.59. The maximum Gasteiger partial charge on any atom is 0.410 e. The molecule has 0 saturated heterocycles. The van der Waals surface area contributed by atoms with Gasteiger partial charge in [0.1, 0.15) is 5.60 Å². The Labute approximate surface area is 152 Å². The van der Waals surface area contributed by atoms with E-state index in [0.29, 0.717) is 19.0 Å². The lowest BCUT2D eigenvalue weighted by molar-refractivity contribution is 0.0190. The molecule has 0 aliphatic heterocycles. The minimum absolute atomic E-state index is 0. The second kappa shape index (κ2) is 10.9. The summed E-state index contributed by atoms with van der Waals surface area (Å²) in [6.45, 7) is 14.7. The smallest absolute Gasteiger partial charge is 0.410 e. The van der Waals surface area contributed by atoms with E-state index in [4.69, 9.17) is 10.5 Å². The van der Waals surface area contributed by atoms with Crippen LogP contribution < -0.4 is 11.1 Å². The molecule has 0 aromatic heterocycles. The van der Waals surface area contributed by atoms with E-state index in [1.165, 1.54) is 0 Å². The van der Waals surface area contributed by atoms with Crippen LogP contribution in [0.3, 0.4) is 0 Å². The lowest BCUT2D eigenvalue weighted by atomic mass is 10.2. The molecule has 0 spiro atoms. The number of carbonyl (C=O) groups excluding carboxylic acids is 1. The number of hydrogen-bond acceptors (Lipinski definition) is 3. The van der Waals surface area contributed by atoms with Crippen LogP contribution in [0.1, 0.15) is 54.9 Å². The third kappa shape index (κ3) is 11.9. The summed E-state index contributed by atoms with van der Waals surface area (Å²) in [4.78, 5) is 18.1. The van der Waals surface area contributed by atoms with Crippen molar-refractivity contribution in [3.63, 3.8) is 0 Å². The summed E-state index contributed by atoms with van der Waals surface area (Å²) in [6, 6.07) is 0.359. The van der Waals surface area contributed by atoms with Crippen molar-refractivity contribution in [1.82, 2.24) is 10.2 Å². The molecule has 0 heterocycles. The number of halogens is 1. The number of nitrogens with zero attached hydrogens (tertiary/aromatic N) is 2. The SMILES string of the molecule is CC(C)NC(N)=NCCCN(C(=O)OC(C)(C)C)C(C)C.I. The van der Waals surface area contributed by atoms with Gasteiger partial charge in [0.25, 0.3) is 0 Å². The van der Waals surface area contributed by atoms with Gasteiger partial charge >= 0.3 is 6.09 Å². The van der Waals surface area contributed by atoms with Crippen LogP contribution in [0, 0.1) is 0 Å². The van der Waals surface area contributed by atoms with E-state index in [2.05, 4.69) is 10.3 Å². The molecule has 0 fully saturated rings. The predicted molar refractivity (Wildman–Crippen MR) is 103 cm³/mol. The Morgan fingerprint density at radius 2 is 1.82 bits per heavy atom. The minimum atomic E-state index is -0.478. The van der Waals surface area contributed by atoms with Gasteiger partial charge < -0.3 is 20.7 Å². The van der Waals surface area contributed by atoms with Crippen molar-refractivity contribution >= 4 is 36.0 Å². The van der Waals surface area contributed by atoms with Crippen molar-refractivity contribution in [3.05, 3.63) is 0 Å². The zero-order valence-corrected chi connectivity index (χ0v) is 17.3. The molecule has 0 radical (unpaired) electrons. The van der Waals surface area contributed by atoms with Gasteiger partial charge in [0.2, 0.25) is 0 Å². The van der Waals surface area contributed by atoms with E-state index in [1.807, 2.05) is 48.5 Å². The lowest BCUT2D eigenvalue weighted by Gasteiger charge is -2.30. The number of guanidine groups is 1. The zero-order chi connectivity index (χ0) is 16.6. The van der Waals surface area contributed by atoms with Crippen molar-refractivity contribution in [2.45, 2.75) is 72.6 Å². The molecular formula is C15H33IN4O2. The third-order valence-corrected chi connectivity index (χ3v) is 2.53. The molecular weight excluding hydrogens is 395 g/mol. The monoisotopic (exact) mass is 428 g/mol. The second-order valence-electron chi connectivity index (χ2n) is 6.69. The summed E-state index contributed by atoms with van der Waals surface area (Å²) < 4.78 is 5.41. The normalized spacial score (nSPS) is 12.1. The molecule has 6 nitrogen and oxygen atoms in total. The fourth-order valence-electron chi connectivity index (χ4n) is 1.66. The van der Waals surface area contributed by atoms with Crippen LogP contribution in [0.25, 0.3) is 0 Å². The van der Waals surface area contributed by atoms with Gasteiger partial charge in [0.05, 0.1) is 0 Å². The summed E-state index contributed by atoms with van der Waals surface area (Å²) in [5.41, 5.74) is 5.25. The Hall–Kier alpha value is -0.730. The van der Waals surface area contributed by atoms with E-state index < -0.39 is 5.60 Å². The van der Waals surface area contributed by atoms with Crippen LogP contribution in [0.2, 0.25) is 0 Å². The van der Waals surface area contributed by atoms with Crippen LogP contribution in [0.5, 0.6) is 0 Å². The fourth-order valence-corrected chi connectivity index (χ4v) is 1.66. The molecule has 1 amide bonds. The standard InChI is InChI=1S/C15H32N4O2.HI/c1-11(2)18-13(16)17-9-8-10-19(12(3)4)14(20)21-15(5,6)7;/h11-12H,8-10H2,1-7H3,(H3,16,17,18);1H. The highest BCUT2D eigenvalue weighted by atomic mass is 127. The van der Waals surface area contributed by atoms with Gasteiger partial charge in [-0.1, -0.05) is 0 Å². The number of ether oxygens (including phenoxy) is 1. The molecule has 3 N–H and O–H groups in total. The van der Waals surface area contributed by atoms with Gasteiger partial charge in [-0.2, -0.15) is 0 Å². The molecule has 0 rings (SSSR count). The predicted octanol–water partition coefficient (Wildman–Crippen LogP) is 2.95. The lowest BCUT2D eigenvalue weighted by Crippen LogP contribution is -2.41. The minimum Gasteiger partial charge on any atom is -0.444 e. The van der Waals surface area contributed by atoms with Crippen LogP contribution in [-0.4, -0.2) is 47.7 Å². The van der Waals surface area contributed by atoms with Crippen molar-refractivity contribution in [3.8, 4) is 0 Å². The van der Waals surface area contributed by atoms with Crippen LogP contribution in [0.4, 0.5) is 4.79 Å². The number of carbonyl (C=O) groups is 1. The van der Waals surface area contributed by atoms with Crippen LogP contribution in [-0.2, 0) is 4.74 Å². The highest BCUT2D eigenvalue weighted by Gasteiger charge is 2.23. The first-order chi connectivity index (χ1) is 9.53. The van der Waals surface area contributed by atoms with Crippen molar-refractivity contribution in [1.29, 1.82) is 0 Å². The number of hydrogen-bond donors (Lipinski definition) is 2. The van der Waals surface area contributed by atoms with Crippen LogP contribution in [0.15, 0.2) is 4.99 Å². The van der Waals surface area contributed by atoms with Crippen LogP contribution >= 0.6 is 24.0 Å². The number of amides is 1. The average Bonchev–Trinajstić information content (AvgIpc) is 2.24. The molecule has 0 atom stereocenters. The largest absolute Gasteiger partial charge is 0.444 e. The molecule has 0 aromatic rings. The number of aliphatic imine (C=N–C) groups is 1. The van der Waals surface area contributed by atoms with Gasteiger partial charge in [0, 0.05) is 25.2 Å². The van der Waals surface area contributed by atoms with Crippen molar-refractivity contribution in [2.75, 3.05) is 13.1 Å². The molecule has 0 unspecified atom stereocenters. The summed E-state index contributed by atoms with van der Waals surface area (Å²) in [6.07, 6.45) is 0.465. The Kier molecular flexibility index (Phi) is 11.7. The second-order valence-corrected chi connectivity index (χ2v) is 6.69. The Balaban J connectivity index is 0. The Bertz CT molecular complexity index is 352. The van der Waals surface area contributed by atoms with E-state index in [9.17, 15) is 4.79 Å². The molecule has 0 aromatic carbocycles. The quantitative estimate of drug-likeness (QED) is 0.295. The molecule has 0 bridgehead atoms. The van der Waals surface area contributed by atoms with Gasteiger partial charge in [-0.25, -0.2) is 4.79 Å². The van der Waals surface area contributed by atoms with E-state index >= 15 is 0 Å². The highest BCUT2D eigenvalue weighted by molar-refractivity contribution is 14.0. The maximum atomic E-state index is 12.1. The zero-order valence-electron chi connectivity index (χ0n) is 15.0. The topological polar surface area (TPSA) is 80.0 Å². The van der Waals surface area contributed by atoms with Crippen molar-refractivity contribution < 1.29 is 9.53 Å². The van der Waals surface area contributed by atoms with E-state index in [1.54, 1.807) is 4.90 Å². The first-order valence-corrected chi connectivity index (χ1v) is 7.59. The molecule has 0 aliphatic rings. The summed E-state index contributed by atoms with van der Waals surface area (Å²) in [7, 11) is 0. The first kappa shape index (κ1) is 23.5. The van der Waals surface area contributed by atoms with Gasteiger partial charge in [-0.05, 0) is 54.9 Å². The van der Waals surface area contributed by atoms with Crippen molar-refractivity contribution in [2.24, 2.45) is 10.7 Å². The molecule has 132 valence electrons. The van der Waals surface area contributed by atoms with Gasteiger partial charge in [-0.15, -0.1) is 24.0 Å². The summed E-state index contributed by atoms with van der Waals surface area (Å²) in [5, 5.41) is 3.03. The number of rotatable bonds is 6. The number of nitrogens with one attached hydrogen (secondary N) is 1.